The van der Waals surface area contributed by atoms with Crippen molar-refractivity contribution < 1.29 is 19.7 Å². The van der Waals surface area contributed by atoms with E-state index in [2.05, 4.69) is 0 Å². The molecule has 1 aromatic rings. The highest BCUT2D eigenvalue weighted by molar-refractivity contribution is 5.53. The highest BCUT2D eigenvalue weighted by Gasteiger charge is 2.34. The number of phenolic OH excluding ortho intramolecular Hbond substituents is 1. The lowest BCUT2D eigenvalue weighted by Gasteiger charge is -2.20. The lowest BCUT2D eigenvalue weighted by atomic mass is 9.98. The molecule has 5 heteroatoms. The first kappa shape index (κ1) is 13.0. The Labute approximate surface area is 106 Å². The molecule has 1 saturated carbocycles. The van der Waals surface area contributed by atoms with Gasteiger partial charge in [0.2, 0.25) is 5.75 Å². The van der Waals surface area contributed by atoms with E-state index in [1.54, 1.807) is 12.1 Å². The van der Waals surface area contributed by atoms with Crippen molar-refractivity contribution in [2.75, 3.05) is 14.2 Å². The van der Waals surface area contributed by atoms with E-state index in [4.69, 9.17) is 15.2 Å². The van der Waals surface area contributed by atoms with Gasteiger partial charge in [-0.25, -0.2) is 0 Å². The fourth-order valence-corrected chi connectivity index (χ4v) is 2.03. The van der Waals surface area contributed by atoms with Crippen molar-refractivity contribution in [2.24, 2.45) is 11.7 Å². The summed E-state index contributed by atoms with van der Waals surface area (Å²) in [7, 11) is 2.92. The van der Waals surface area contributed by atoms with Gasteiger partial charge in [0.15, 0.2) is 11.5 Å². The lowest BCUT2D eigenvalue weighted by Crippen LogP contribution is -2.27. The van der Waals surface area contributed by atoms with Gasteiger partial charge in [-0.15, -0.1) is 0 Å². The number of rotatable bonds is 5. The molecule has 0 bridgehead atoms. The van der Waals surface area contributed by atoms with E-state index < -0.39 is 12.1 Å². The summed E-state index contributed by atoms with van der Waals surface area (Å²) in [5.74, 6) is 0.813. The topological polar surface area (TPSA) is 84.9 Å². The van der Waals surface area contributed by atoms with E-state index in [1.807, 2.05) is 0 Å². The Balaban J connectivity index is 2.31. The second-order valence-corrected chi connectivity index (χ2v) is 4.63. The Hall–Kier alpha value is -1.46. The number of aromatic hydroxyl groups is 1. The lowest BCUT2D eigenvalue weighted by molar-refractivity contribution is 0.122. The third-order valence-corrected chi connectivity index (χ3v) is 3.36. The minimum absolute atomic E-state index is 0.0585. The zero-order valence-electron chi connectivity index (χ0n) is 10.6. The maximum Gasteiger partial charge on any atom is 0.200 e. The van der Waals surface area contributed by atoms with Crippen LogP contribution in [0.25, 0.3) is 0 Å². The molecule has 0 spiro atoms. The highest BCUT2D eigenvalue weighted by atomic mass is 16.5. The number of aliphatic hydroxyl groups is 1. The maximum absolute atomic E-state index is 10.0. The third kappa shape index (κ3) is 2.37. The van der Waals surface area contributed by atoms with E-state index in [0.29, 0.717) is 17.1 Å². The van der Waals surface area contributed by atoms with Gasteiger partial charge in [0.1, 0.15) is 0 Å². The molecule has 2 rings (SSSR count). The molecule has 0 unspecified atom stereocenters. The molecule has 0 radical (unpaired) electrons. The van der Waals surface area contributed by atoms with Gasteiger partial charge >= 0.3 is 0 Å². The second-order valence-electron chi connectivity index (χ2n) is 4.63. The van der Waals surface area contributed by atoms with Gasteiger partial charge in [0.25, 0.3) is 0 Å². The van der Waals surface area contributed by atoms with Gasteiger partial charge in [0.05, 0.1) is 26.4 Å². The molecule has 4 N–H and O–H groups in total. The molecule has 100 valence electrons. The molecular weight excluding hydrogens is 234 g/mol. The monoisotopic (exact) mass is 253 g/mol. The Bertz CT molecular complexity index is 406. The summed E-state index contributed by atoms with van der Waals surface area (Å²) in [6.45, 7) is 0. The average molecular weight is 253 g/mol. The van der Waals surface area contributed by atoms with Crippen molar-refractivity contribution in [1.29, 1.82) is 0 Å². The fourth-order valence-electron chi connectivity index (χ4n) is 2.03. The first-order valence-corrected chi connectivity index (χ1v) is 5.97. The van der Waals surface area contributed by atoms with Crippen LogP contribution in [0.15, 0.2) is 12.1 Å². The molecule has 0 amide bonds. The van der Waals surface area contributed by atoms with Gasteiger partial charge in [-0.2, -0.15) is 0 Å². The quantitative estimate of drug-likeness (QED) is 0.733. The van der Waals surface area contributed by atoms with Gasteiger partial charge in [-0.3, -0.25) is 0 Å². The van der Waals surface area contributed by atoms with Gasteiger partial charge in [-0.05, 0) is 36.5 Å². The molecule has 0 aliphatic heterocycles. The van der Waals surface area contributed by atoms with Crippen LogP contribution in [-0.2, 0) is 0 Å². The van der Waals surface area contributed by atoms with Crippen LogP contribution in [0.1, 0.15) is 24.4 Å². The van der Waals surface area contributed by atoms with Gasteiger partial charge < -0.3 is 25.4 Å². The molecule has 5 nitrogen and oxygen atoms in total. The molecule has 0 saturated heterocycles. The van der Waals surface area contributed by atoms with E-state index in [9.17, 15) is 10.2 Å². The smallest absolute Gasteiger partial charge is 0.200 e. The fraction of sp³-hybridized carbons (Fsp3) is 0.538. The normalized spacial score (nSPS) is 18.2. The summed E-state index contributed by atoms with van der Waals surface area (Å²) >= 11 is 0. The van der Waals surface area contributed by atoms with Crippen LogP contribution in [0.2, 0.25) is 0 Å². The standard InChI is InChI=1S/C13H19NO4/c1-17-9-5-8(6-10(18-2)13(9)16)11(14)12(15)7-3-4-7/h5-7,11-12,15-16H,3-4,14H2,1-2H3/t11-,12+/m0/s1. The molecule has 1 aliphatic rings. The predicted octanol–water partition coefficient (Wildman–Crippen LogP) is 1.18. The number of nitrogens with two attached hydrogens (primary N) is 1. The Kier molecular flexibility index (Phi) is 3.63. The second kappa shape index (κ2) is 5.04. The van der Waals surface area contributed by atoms with E-state index in [-0.39, 0.29) is 11.7 Å². The Morgan fingerprint density at radius 3 is 2.11 bits per heavy atom. The van der Waals surface area contributed by atoms with Gasteiger partial charge in [0, 0.05) is 0 Å². The van der Waals surface area contributed by atoms with E-state index in [1.165, 1.54) is 14.2 Å². The largest absolute Gasteiger partial charge is 0.502 e. The SMILES string of the molecule is COc1cc([C@H](N)[C@H](O)C2CC2)cc(OC)c1O. The van der Waals surface area contributed by atoms with Crippen LogP contribution in [0, 0.1) is 5.92 Å². The number of hydrogen-bond acceptors (Lipinski definition) is 5. The van der Waals surface area contributed by atoms with Crippen molar-refractivity contribution >= 4 is 0 Å². The Morgan fingerprint density at radius 1 is 1.22 bits per heavy atom. The predicted molar refractivity (Wildman–Crippen MR) is 66.9 cm³/mol. The minimum atomic E-state index is -0.566. The molecule has 1 aliphatic carbocycles. The van der Waals surface area contributed by atoms with Crippen molar-refractivity contribution in [3.63, 3.8) is 0 Å². The molecule has 0 heterocycles. The van der Waals surface area contributed by atoms with Crippen molar-refractivity contribution in [1.82, 2.24) is 0 Å². The minimum Gasteiger partial charge on any atom is -0.502 e. The summed E-state index contributed by atoms with van der Waals surface area (Å²) in [5.41, 5.74) is 6.73. The van der Waals surface area contributed by atoms with Crippen LogP contribution in [0.5, 0.6) is 17.2 Å². The summed E-state index contributed by atoms with van der Waals surface area (Å²) in [6, 6.07) is 2.77. The number of aliphatic hydroxyl groups excluding tert-OH is 1. The van der Waals surface area contributed by atoms with Crippen LogP contribution < -0.4 is 15.2 Å². The third-order valence-electron chi connectivity index (χ3n) is 3.36. The summed E-state index contributed by atoms with van der Waals surface area (Å²) < 4.78 is 10.1. The number of benzene rings is 1. The molecule has 1 fully saturated rings. The van der Waals surface area contributed by atoms with Crippen molar-refractivity contribution in [2.45, 2.75) is 25.0 Å². The number of methoxy groups -OCH3 is 2. The first-order chi connectivity index (χ1) is 8.58. The molecule has 2 atom stereocenters. The zero-order chi connectivity index (χ0) is 13.3. The van der Waals surface area contributed by atoms with Crippen molar-refractivity contribution in [3.05, 3.63) is 17.7 Å². The van der Waals surface area contributed by atoms with Crippen molar-refractivity contribution in [3.8, 4) is 17.2 Å². The summed E-state index contributed by atoms with van der Waals surface area (Å²) in [6.07, 6.45) is 1.46. The van der Waals surface area contributed by atoms with Crippen LogP contribution in [0.3, 0.4) is 0 Å². The molecule has 0 aromatic heterocycles. The van der Waals surface area contributed by atoms with E-state index in [0.717, 1.165) is 12.8 Å². The Morgan fingerprint density at radius 2 is 1.72 bits per heavy atom. The molecule has 1 aromatic carbocycles. The average Bonchev–Trinajstić information content (AvgIpc) is 3.21. The number of hydrogen-bond donors (Lipinski definition) is 3. The van der Waals surface area contributed by atoms with Crippen LogP contribution in [-0.4, -0.2) is 30.5 Å². The molecular formula is C13H19NO4. The first-order valence-electron chi connectivity index (χ1n) is 5.97. The summed E-state index contributed by atoms with van der Waals surface area (Å²) in [5, 5.41) is 19.8. The number of phenols is 1. The van der Waals surface area contributed by atoms with Gasteiger partial charge in [-0.1, -0.05) is 0 Å². The van der Waals surface area contributed by atoms with Crippen LogP contribution in [0.4, 0.5) is 0 Å². The highest BCUT2D eigenvalue weighted by Crippen LogP contribution is 2.42. The number of ether oxygens (including phenoxy) is 2. The zero-order valence-corrected chi connectivity index (χ0v) is 10.6. The summed E-state index contributed by atoms with van der Waals surface area (Å²) in [4.78, 5) is 0. The van der Waals surface area contributed by atoms with E-state index >= 15 is 0 Å². The molecule has 18 heavy (non-hydrogen) atoms. The maximum atomic E-state index is 10.0. The van der Waals surface area contributed by atoms with Crippen LogP contribution >= 0.6 is 0 Å².